The summed E-state index contributed by atoms with van der Waals surface area (Å²) >= 11 is 0.584. The van der Waals surface area contributed by atoms with Gasteiger partial charge in [-0.2, -0.15) is 13.2 Å². The van der Waals surface area contributed by atoms with Crippen LogP contribution in [0.3, 0.4) is 0 Å². The molecule has 1 aliphatic heterocycles. The SMILES string of the molecule is FC(F)(F)c1nnc(NC2CCN(CC3CCCC3)C2)s1. The molecule has 3 rings (SSSR count). The minimum atomic E-state index is -4.40. The lowest BCUT2D eigenvalue weighted by atomic mass is 10.1. The molecular formula is C13H19F3N4S. The Labute approximate surface area is 125 Å². The number of aromatic nitrogens is 2. The summed E-state index contributed by atoms with van der Waals surface area (Å²) in [5.41, 5.74) is 0. The molecule has 2 heterocycles. The third-order valence-corrected chi connectivity index (χ3v) is 5.16. The maximum absolute atomic E-state index is 12.5. The minimum Gasteiger partial charge on any atom is -0.356 e. The van der Waals surface area contributed by atoms with Crippen LogP contribution in [0.25, 0.3) is 0 Å². The van der Waals surface area contributed by atoms with Gasteiger partial charge in [-0.1, -0.05) is 24.2 Å². The van der Waals surface area contributed by atoms with Gasteiger partial charge in [-0.05, 0) is 25.2 Å². The minimum absolute atomic E-state index is 0.181. The third kappa shape index (κ3) is 3.85. The summed E-state index contributed by atoms with van der Waals surface area (Å²) in [6, 6.07) is 0.181. The van der Waals surface area contributed by atoms with Crippen LogP contribution in [0.4, 0.5) is 18.3 Å². The average molecular weight is 320 g/mol. The quantitative estimate of drug-likeness (QED) is 0.925. The second kappa shape index (κ2) is 6.08. The number of hydrogen-bond acceptors (Lipinski definition) is 5. The van der Waals surface area contributed by atoms with Gasteiger partial charge in [0, 0.05) is 25.7 Å². The van der Waals surface area contributed by atoms with E-state index >= 15 is 0 Å². The van der Waals surface area contributed by atoms with Gasteiger partial charge in [0.15, 0.2) is 0 Å². The Morgan fingerprint density at radius 2 is 1.95 bits per heavy atom. The third-order valence-electron chi connectivity index (χ3n) is 4.26. The number of anilines is 1. The van der Waals surface area contributed by atoms with Crippen molar-refractivity contribution in [2.75, 3.05) is 25.0 Å². The van der Waals surface area contributed by atoms with Crippen molar-refractivity contribution in [1.82, 2.24) is 15.1 Å². The van der Waals surface area contributed by atoms with Crippen LogP contribution in [0, 0.1) is 5.92 Å². The summed E-state index contributed by atoms with van der Waals surface area (Å²) in [4.78, 5) is 2.42. The first kappa shape index (κ1) is 15.0. The van der Waals surface area contributed by atoms with E-state index in [2.05, 4.69) is 20.4 Å². The van der Waals surface area contributed by atoms with Crippen LogP contribution in [0.15, 0.2) is 0 Å². The van der Waals surface area contributed by atoms with Crippen molar-refractivity contribution < 1.29 is 13.2 Å². The number of nitrogens with one attached hydrogen (secondary N) is 1. The molecule has 0 spiro atoms. The van der Waals surface area contributed by atoms with Gasteiger partial charge in [0.25, 0.3) is 0 Å². The predicted octanol–water partition coefficient (Wildman–Crippen LogP) is 3.23. The molecule has 1 unspecified atom stereocenters. The highest BCUT2D eigenvalue weighted by Gasteiger charge is 2.36. The van der Waals surface area contributed by atoms with E-state index in [4.69, 9.17) is 0 Å². The van der Waals surface area contributed by atoms with Crippen LogP contribution in [-0.4, -0.2) is 40.8 Å². The molecule has 8 heteroatoms. The molecule has 0 bridgehead atoms. The molecule has 2 aliphatic rings. The molecule has 118 valence electrons. The highest BCUT2D eigenvalue weighted by molar-refractivity contribution is 7.15. The zero-order valence-electron chi connectivity index (χ0n) is 11.7. The first-order valence-corrected chi connectivity index (χ1v) is 8.22. The van der Waals surface area contributed by atoms with Crippen molar-refractivity contribution in [2.45, 2.75) is 44.3 Å². The molecule has 1 aromatic rings. The van der Waals surface area contributed by atoms with E-state index in [0.717, 1.165) is 32.0 Å². The number of rotatable bonds is 4. The first-order chi connectivity index (χ1) is 10.0. The molecule has 4 nitrogen and oxygen atoms in total. The van der Waals surface area contributed by atoms with Gasteiger partial charge in [0.05, 0.1) is 0 Å². The van der Waals surface area contributed by atoms with Crippen LogP contribution in [0.1, 0.15) is 37.1 Å². The summed E-state index contributed by atoms with van der Waals surface area (Å²) < 4.78 is 37.4. The number of likely N-dealkylation sites (tertiary alicyclic amines) is 1. The first-order valence-electron chi connectivity index (χ1n) is 7.40. The lowest BCUT2D eigenvalue weighted by Gasteiger charge is -2.20. The zero-order chi connectivity index (χ0) is 14.9. The standard InChI is InChI=1S/C13H19F3N4S/c14-13(15,16)11-18-19-12(21-11)17-10-5-6-20(8-10)7-9-3-1-2-4-9/h9-10H,1-8H2,(H,17,19). The Balaban J connectivity index is 1.49. The summed E-state index contributed by atoms with van der Waals surface area (Å²) in [5, 5.41) is 9.27. The van der Waals surface area contributed by atoms with E-state index in [1.165, 1.54) is 25.7 Å². The Kier molecular flexibility index (Phi) is 4.35. The van der Waals surface area contributed by atoms with Gasteiger partial charge in [-0.15, -0.1) is 10.2 Å². The molecule has 1 saturated heterocycles. The van der Waals surface area contributed by atoms with Gasteiger partial charge in [-0.3, -0.25) is 0 Å². The molecule has 1 N–H and O–H groups in total. The molecule has 1 saturated carbocycles. The van der Waals surface area contributed by atoms with Gasteiger partial charge in [-0.25, -0.2) is 0 Å². The molecule has 0 aromatic carbocycles. The van der Waals surface area contributed by atoms with Gasteiger partial charge >= 0.3 is 6.18 Å². The maximum Gasteiger partial charge on any atom is 0.445 e. The van der Waals surface area contributed by atoms with E-state index in [-0.39, 0.29) is 11.2 Å². The lowest BCUT2D eigenvalue weighted by Crippen LogP contribution is -2.29. The Morgan fingerprint density at radius 1 is 1.19 bits per heavy atom. The topological polar surface area (TPSA) is 41.1 Å². The Bertz CT molecular complexity index is 470. The van der Waals surface area contributed by atoms with Gasteiger partial charge in [0.1, 0.15) is 0 Å². The van der Waals surface area contributed by atoms with Crippen LogP contribution >= 0.6 is 11.3 Å². The fraction of sp³-hybridized carbons (Fsp3) is 0.846. The average Bonchev–Trinajstić information content (AvgIpc) is 3.11. The van der Waals surface area contributed by atoms with E-state index in [1.54, 1.807) is 0 Å². The number of halogens is 3. The highest BCUT2D eigenvalue weighted by Crippen LogP contribution is 2.33. The van der Waals surface area contributed by atoms with E-state index in [9.17, 15) is 13.2 Å². The fourth-order valence-electron chi connectivity index (χ4n) is 3.25. The van der Waals surface area contributed by atoms with E-state index in [1.807, 2.05) is 0 Å². The molecule has 0 radical (unpaired) electrons. The van der Waals surface area contributed by atoms with Crippen molar-refractivity contribution in [1.29, 1.82) is 0 Å². The Hall–Kier alpha value is -0.890. The lowest BCUT2D eigenvalue weighted by molar-refractivity contribution is -0.138. The molecule has 1 aromatic heterocycles. The summed E-state index contributed by atoms with van der Waals surface area (Å²) in [7, 11) is 0. The van der Waals surface area contributed by atoms with Crippen molar-refractivity contribution in [2.24, 2.45) is 5.92 Å². The van der Waals surface area contributed by atoms with Crippen LogP contribution in [0.2, 0.25) is 0 Å². The van der Waals surface area contributed by atoms with Crippen molar-refractivity contribution in [3.63, 3.8) is 0 Å². The van der Waals surface area contributed by atoms with Crippen LogP contribution in [0.5, 0.6) is 0 Å². The van der Waals surface area contributed by atoms with Crippen molar-refractivity contribution in [3.8, 4) is 0 Å². The number of alkyl halides is 3. The largest absolute Gasteiger partial charge is 0.445 e. The molecule has 0 amide bonds. The molecule has 1 atom stereocenters. The monoisotopic (exact) mass is 320 g/mol. The number of hydrogen-bond donors (Lipinski definition) is 1. The maximum atomic E-state index is 12.5. The predicted molar refractivity (Wildman–Crippen MR) is 75.3 cm³/mol. The second-order valence-corrected chi connectivity index (χ2v) is 6.93. The normalized spacial score (nSPS) is 24.8. The van der Waals surface area contributed by atoms with Crippen LogP contribution in [-0.2, 0) is 6.18 Å². The molecular weight excluding hydrogens is 301 g/mol. The summed E-state index contributed by atoms with van der Waals surface area (Å²) in [6.07, 6.45) is 1.87. The highest BCUT2D eigenvalue weighted by atomic mass is 32.1. The summed E-state index contributed by atoms with van der Waals surface area (Å²) in [6.45, 7) is 3.03. The Morgan fingerprint density at radius 3 is 2.62 bits per heavy atom. The summed E-state index contributed by atoms with van der Waals surface area (Å²) in [5.74, 6) is 0.808. The molecule has 21 heavy (non-hydrogen) atoms. The van der Waals surface area contributed by atoms with E-state index < -0.39 is 11.2 Å². The zero-order valence-corrected chi connectivity index (χ0v) is 12.5. The molecule has 2 fully saturated rings. The smallest absolute Gasteiger partial charge is 0.356 e. The van der Waals surface area contributed by atoms with Gasteiger partial charge in [0.2, 0.25) is 10.1 Å². The second-order valence-electron chi connectivity index (χ2n) is 5.95. The van der Waals surface area contributed by atoms with Gasteiger partial charge < -0.3 is 10.2 Å². The van der Waals surface area contributed by atoms with Crippen molar-refractivity contribution >= 4 is 16.5 Å². The number of nitrogens with zero attached hydrogens (tertiary/aromatic N) is 3. The molecule has 1 aliphatic carbocycles. The van der Waals surface area contributed by atoms with Crippen molar-refractivity contribution in [3.05, 3.63) is 5.01 Å². The fourth-order valence-corrected chi connectivity index (χ4v) is 3.93. The van der Waals surface area contributed by atoms with E-state index in [0.29, 0.717) is 11.3 Å². The van der Waals surface area contributed by atoms with Crippen LogP contribution < -0.4 is 5.32 Å².